The van der Waals surface area contributed by atoms with Crippen LogP contribution in [0.1, 0.15) is 23.7 Å². The molecule has 4 N–H and O–H groups in total. The molecule has 0 bridgehead atoms. The van der Waals surface area contributed by atoms with Crippen LogP contribution < -0.4 is 11.1 Å². The van der Waals surface area contributed by atoms with Gasteiger partial charge < -0.3 is 16.2 Å². The van der Waals surface area contributed by atoms with Crippen LogP contribution in [-0.4, -0.2) is 17.6 Å². The number of aliphatic hydroxyl groups excluding tert-OH is 1. The van der Waals surface area contributed by atoms with Gasteiger partial charge >= 0.3 is 0 Å². The van der Waals surface area contributed by atoms with Crippen molar-refractivity contribution in [3.8, 4) is 0 Å². The van der Waals surface area contributed by atoms with Crippen molar-refractivity contribution >= 4 is 11.6 Å². The minimum atomic E-state index is -0.618. The summed E-state index contributed by atoms with van der Waals surface area (Å²) < 4.78 is 0. The maximum atomic E-state index is 11.1. The first-order valence-corrected chi connectivity index (χ1v) is 5.01. The highest BCUT2D eigenvalue weighted by molar-refractivity contribution is 5.93. The van der Waals surface area contributed by atoms with Crippen LogP contribution in [0.4, 0.5) is 5.69 Å². The van der Waals surface area contributed by atoms with Gasteiger partial charge in [-0.2, -0.15) is 0 Å². The largest absolute Gasteiger partial charge is 0.387 e. The van der Waals surface area contributed by atoms with Crippen molar-refractivity contribution in [1.29, 1.82) is 0 Å². The summed E-state index contributed by atoms with van der Waals surface area (Å²) in [5.41, 5.74) is 8.11. The summed E-state index contributed by atoms with van der Waals surface area (Å²) in [6.45, 7) is 0.213. The van der Waals surface area contributed by atoms with E-state index in [0.29, 0.717) is 6.42 Å². The van der Waals surface area contributed by atoms with E-state index in [1.54, 1.807) is 6.07 Å². The minimum Gasteiger partial charge on any atom is -0.387 e. The minimum absolute atomic E-state index is 0.0506. The lowest BCUT2D eigenvalue weighted by molar-refractivity contribution is -0.116. The molecular formula is C11H14N2O2. The molecule has 0 radical (unpaired) electrons. The van der Waals surface area contributed by atoms with Crippen LogP contribution in [-0.2, 0) is 11.2 Å². The number of carbonyl (C=O) groups excluding carboxylic acids is 1. The van der Waals surface area contributed by atoms with Gasteiger partial charge in [0.25, 0.3) is 0 Å². The number of nitrogens with one attached hydrogen (secondary N) is 1. The van der Waals surface area contributed by atoms with Gasteiger partial charge in [-0.15, -0.1) is 0 Å². The Hall–Kier alpha value is -1.39. The molecular weight excluding hydrogens is 192 g/mol. The number of carbonyl (C=O) groups is 1. The van der Waals surface area contributed by atoms with Gasteiger partial charge in [0, 0.05) is 18.7 Å². The van der Waals surface area contributed by atoms with E-state index in [-0.39, 0.29) is 12.5 Å². The molecule has 0 aliphatic carbocycles. The predicted molar refractivity (Wildman–Crippen MR) is 57.4 cm³/mol. The molecule has 0 fully saturated rings. The van der Waals surface area contributed by atoms with Crippen LogP contribution in [0.25, 0.3) is 0 Å². The average molecular weight is 206 g/mol. The summed E-state index contributed by atoms with van der Waals surface area (Å²) in [6.07, 6.45) is 0.620. The molecule has 2 rings (SSSR count). The number of aliphatic hydroxyl groups is 1. The van der Waals surface area contributed by atoms with E-state index in [1.807, 2.05) is 12.1 Å². The summed E-state index contributed by atoms with van der Waals surface area (Å²) in [5.74, 6) is 0.0506. The molecule has 0 aromatic heterocycles. The highest BCUT2D eigenvalue weighted by atomic mass is 16.3. The van der Waals surface area contributed by atoms with Gasteiger partial charge in [0.15, 0.2) is 0 Å². The Morgan fingerprint density at radius 3 is 3.00 bits per heavy atom. The summed E-state index contributed by atoms with van der Waals surface area (Å²) in [6, 6.07) is 5.52. The highest BCUT2D eigenvalue weighted by Gasteiger charge is 2.16. The number of fused-ring (bicyclic) bond motifs is 1. The molecule has 0 unspecified atom stereocenters. The first-order chi connectivity index (χ1) is 7.20. The maximum absolute atomic E-state index is 11.1. The molecule has 1 aromatic rings. The quantitative estimate of drug-likeness (QED) is 0.662. The summed E-state index contributed by atoms with van der Waals surface area (Å²) >= 11 is 0. The van der Waals surface area contributed by atoms with Gasteiger partial charge in [0.05, 0.1) is 6.10 Å². The summed E-state index contributed by atoms with van der Waals surface area (Å²) in [5, 5.41) is 12.4. The number of anilines is 1. The van der Waals surface area contributed by atoms with Crippen molar-refractivity contribution < 1.29 is 9.90 Å². The van der Waals surface area contributed by atoms with Gasteiger partial charge in [-0.3, -0.25) is 4.79 Å². The third-order valence-corrected chi connectivity index (χ3v) is 2.63. The Morgan fingerprint density at radius 1 is 1.47 bits per heavy atom. The molecule has 1 aliphatic heterocycles. The fraction of sp³-hybridized carbons (Fsp3) is 0.364. The van der Waals surface area contributed by atoms with Crippen LogP contribution in [0.2, 0.25) is 0 Å². The fourth-order valence-electron chi connectivity index (χ4n) is 1.75. The maximum Gasteiger partial charge on any atom is 0.224 e. The molecule has 1 heterocycles. The number of nitrogens with two attached hydrogens (primary N) is 1. The van der Waals surface area contributed by atoms with Gasteiger partial charge in [0.1, 0.15) is 0 Å². The van der Waals surface area contributed by atoms with E-state index < -0.39 is 6.10 Å². The van der Waals surface area contributed by atoms with Crippen LogP contribution in [0.3, 0.4) is 0 Å². The average Bonchev–Trinajstić information content (AvgIpc) is 2.27. The molecule has 80 valence electrons. The molecule has 0 saturated carbocycles. The molecule has 15 heavy (non-hydrogen) atoms. The van der Waals surface area contributed by atoms with Gasteiger partial charge in [-0.05, 0) is 23.6 Å². The van der Waals surface area contributed by atoms with Crippen molar-refractivity contribution in [2.24, 2.45) is 5.73 Å². The Kier molecular flexibility index (Phi) is 2.70. The summed E-state index contributed by atoms with van der Waals surface area (Å²) in [4.78, 5) is 11.1. The van der Waals surface area contributed by atoms with Crippen LogP contribution >= 0.6 is 0 Å². The number of amides is 1. The molecule has 1 aliphatic rings. The van der Waals surface area contributed by atoms with Crippen molar-refractivity contribution in [3.63, 3.8) is 0 Å². The number of benzene rings is 1. The monoisotopic (exact) mass is 206 g/mol. The highest BCUT2D eigenvalue weighted by Crippen LogP contribution is 2.25. The number of hydrogen-bond donors (Lipinski definition) is 3. The molecule has 1 aromatic carbocycles. The van der Waals surface area contributed by atoms with Crippen LogP contribution in [0, 0.1) is 0 Å². The van der Waals surface area contributed by atoms with Crippen molar-refractivity contribution in [3.05, 3.63) is 29.3 Å². The predicted octanol–water partition coefficient (Wildman–Crippen LogP) is 0.563. The number of rotatable bonds is 2. The van der Waals surface area contributed by atoms with Crippen molar-refractivity contribution in [2.45, 2.75) is 18.9 Å². The third kappa shape index (κ3) is 2.00. The van der Waals surface area contributed by atoms with Crippen molar-refractivity contribution in [2.75, 3.05) is 11.9 Å². The summed E-state index contributed by atoms with van der Waals surface area (Å²) in [7, 11) is 0. The first kappa shape index (κ1) is 10.1. The number of aryl methyl sites for hydroxylation is 1. The molecule has 4 nitrogen and oxygen atoms in total. The number of hydrogen-bond acceptors (Lipinski definition) is 3. The molecule has 4 heteroatoms. The van der Waals surface area contributed by atoms with E-state index in [0.717, 1.165) is 23.2 Å². The van der Waals surface area contributed by atoms with Gasteiger partial charge in [0.2, 0.25) is 5.91 Å². The van der Waals surface area contributed by atoms with E-state index in [4.69, 9.17) is 5.73 Å². The zero-order valence-corrected chi connectivity index (χ0v) is 8.36. The van der Waals surface area contributed by atoms with Crippen LogP contribution in [0.5, 0.6) is 0 Å². The SMILES string of the molecule is NC[C@H](O)c1ccc2c(c1)CCC(=O)N2. The van der Waals surface area contributed by atoms with E-state index >= 15 is 0 Å². The fourth-order valence-corrected chi connectivity index (χ4v) is 1.75. The molecule has 1 atom stereocenters. The van der Waals surface area contributed by atoms with Crippen LogP contribution in [0.15, 0.2) is 18.2 Å². The lowest BCUT2D eigenvalue weighted by Crippen LogP contribution is -2.19. The topological polar surface area (TPSA) is 75.3 Å². The Morgan fingerprint density at radius 2 is 2.27 bits per heavy atom. The van der Waals surface area contributed by atoms with E-state index in [9.17, 15) is 9.90 Å². The zero-order chi connectivity index (χ0) is 10.8. The van der Waals surface area contributed by atoms with E-state index in [1.165, 1.54) is 0 Å². The van der Waals surface area contributed by atoms with E-state index in [2.05, 4.69) is 5.32 Å². The Bertz CT molecular complexity index is 390. The third-order valence-electron chi connectivity index (χ3n) is 2.63. The van der Waals surface area contributed by atoms with Gasteiger partial charge in [-0.25, -0.2) is 0 Å². The lowest BCUT2D eigenvalue weighted by atomic mass is 9.98. The lowest BCUT2D eigenvalue weighted by Gasteiger charge is -2.18. The molecule has 0 saturated heterocycles. The smallest absolute Gasteiger partial charge is 0.224 e. The second-order valence-corrected chi connectivity index (χ2v) is 3.72. The molecule has 0 spiro atoms. The van der Waals surface area contributed by atoms with Crippen molar-refractivity contribution in [1.82, 2.24) is 0 Å². The first-order valence-electron chi connectivity index (χ1n) is 5.01. The second-order valence-electron chi connectivity index (χ2n) is 3.72. The Balaban J connectivity index is 2.30. The zero-order valence-electron chi connectivity index (χ0n) is 8.36. The normalized spacial score (nSPS) is 16.8. The standard InChI is InChI=1S/C11H14N2O2/c12-6-10(14)8-1-3-9-7(5-8)2-4-11(15)13-9/h1,3,5,10,14H,2,4,6,12H2,(H,13,15)/t10-/m0/s1. The Labute approximate surface area is 88.1 Å². The van der Waals surface area contributed by atoms with Gasteiger partial charge in [-0.1, -0.05) is 12.1 Å². The molecule has 1 amide bonds. The second kappa shape index (κ2) is 4.00.